The summed E-state index contributed by atoms with van der Waals surface area (Å²) >= 11 is 7.02. The smallest absolute Gasteiger partial charge is 0.453 e. The first kappa shape index (κ1) is 28.5. The number of carboxylic acids is 1. The highest BCUT2D eigenvalue weighted by molar-refractivity contribution is 7.89. The molecule has 34 heavy (non-hydrogen) atoms. The monoisotopic (exact) mass is 547 g/mol. The van der Waals surface area contributed by atoms with Gasteiger partial charge in [0, 0.05) is 27.6 Å². The van der Waals surface area contributed by atoms with E-state index in [-0.39, 0.29) is 24.2 Å². The molecule has 0 aliphatic carbocycles. The first-order valence-corrected chi connectivity index (χ1v) is 12.9. The van der Waals surface area contributed by atoms with E-state index >= 15 is 0 Å². The zero-order chi connectivity index (χ0) is 25.6. The largest absolute Gasteiger partial charge is 0.481 e. The van der Waals surface area contributed by atoms with Crippen molar-refractivity contribution in [3.63, 3.8) is 0 Å². The predicted octanol–water partition coefficient (Wildman–Crippen LogP) is 6.59. The van der Waals surface area contributed by atoms with Crippen LogP contribution in [-0.4, -0.2) is 31.6 Å². The summed E-state index contributed by atoms with van der Waals surface area (Å²) in [6, 6.07) is 7.84. The lowest BCUT2D eigenvalue weighted by molar-refractivity contribution is -0.284. The van der Waals surface area contributed by atoms with Gasteiger partial charge in [-0.2, -0.15) is 22.0 Å². The molecule has 0 aliphatic rings. The molecule has 0 bridgehead atoms. The Bertz CT molecular complexity index is 1060. The molecule has 2 aromatic rings. The molecule has 1 unspecified atom stereocenters. The van der Waals surface area contributed by atoms with Crippen LogP contribution in [-0.2, 0) is 21.2 Å². The number of unbranched alkanes of at least 4 members (excludes halogenated alkanes) is 1. The van der Waals surface area contributed by atoms with Gasteiger partial charge in [-0.05, 0) is 62.1 Å². The number of aliphatic carboxylic acids is 1. The molecule has 1 aromatic heterocycles. The molecule has 0 saturated carbocycles. The Hall–Kier alpha value is -1.76. The minimum atomic E-state index is -5.64. The highest BCUT2D eigenvalue weighted by atomic mass is 35.5. The second-order valence-electron chi connectivity index (χ2n) is 7.63. The minimum Gasteiger partial charge on any atom is -0.481 e. The van der Waals surface area contributed by atoms with Gasteiger partial charge >= 0.3 is 18.1 Å². The fraction of sp³-hybridized carbons (Fsp3) is 0.476. The summed E-state index contributed by atoms with van der Waals surface area (Å²) in [4.78, 5) is 12.0. The Morgan fingerprint density at radius 1 is 1.03 bits per heavy atom. The number of carbonyl (C=O) groups is 1. The van der Waals surface area contributed by atoms with E-state index in [0.717, 1.165) is 4.88 Å². The molecule has 5 nitrogen and oxygen atoms in total. The summed E-state index contributed by atoms with van der Waals surface area (Å²) in [6.07, 6.45) is -6.77. The topological polar surface area (TPSA) is 83.5 Å². The standard InChI is InChI=1S/C21H23ClF5NO4S2/c22-14-7-10-16(11-8-14)34(31,32)28-17(5-1-2-13-20(23,24)21(25,26)27)18-12-9-15(33-18)4-3-6-19(29)30/h7-12,17,28H,1-6,13H2,(H,29,30). The maximum atomic E-state index is 13.2. The lowest BCUT2D eigenvalue weighted by atomic mass is 10.0. The van der Waals surface area contributed by atoms with Gasteiger partial charge in [-0.1, -0.05) is 18.0 Å². The molecule has 0 fully saturated rings. The van der Waals surface area contributed by atoms with Crippen LogP contribution in [0.15, 0.2) is 41.3 Å². The van der Waals surface area contributed by atoms with Crippen LogP contribution < -0.4 is 4.72 Å². The van der Waals surface area contributed by atoms with Crippen molar-refractivity contribution in [3.05, 3.63) is 51.2 Å². The van der Waals surface area contributed by atoms with E-state index in [9.17, 15) is 35.2 Å². The number of sulfonamides is 1. The molecule has 0 radical (unpaired) electrons. The first-order valence-electron chi connectivity index (χ1n) is 10.2. The molecule has 13 heteroatoms. The third kappa shape index (κ3) is 8.47. The highest BCUT2D eigenvalue weighted by Crippen LogP contribution is 2.39. The summed E-state index contributed by atoms with van der Waals surface area (Å²) in [5.74, 6) is -5.76. The van der Waals surface area contributed by atoms with Gasteiger partial charge in [-0.25, -0.2) is 13.1 Å². The maximum absolute atomic E-state index is 13.2. The maximum Gasteiger partial charge on any atom is 0.453 e. The average molecular weight is 548 g/mol. The second-order valence-corrected chi connectivity index (χ2v) is 11.0. The zero-order valence-corrected chi connectivity index (χ0v) is 20.1. The van der Waals surface area contributed by atoms with E-state index in [0.29, 0.717) is 22.7 Å². The number of rotatable bonds is 13. The fourth-order valence-corrected chi connectivity index (χ4v) is 5.69. The molecule has 1 atom stereocenters. The third-order valence-corrected chi connectivity index (χ3v) is 7.91. The normalized spacial score (nSPS) is 13.7. The van der Waals surface area contributed by atoms with E-state index in [4.69, 9.17) is 16.7 Å². The van der Waals surface area contributed by atoms with Gasteiger partial charge in [0.1, 0.15) is 0 Å². The van der Waals surface area contributed by atoms with Crippen LogP contribution in [0.5, 0.6) is 0 Å². The number of halogens is 6. The summed E-state index contributed by atoms with van der Waals surface area (Å²) in [5, 5.41) is 9.08. The van der Waals surface area contributed by atoms with Crippen molar-refractivity contribution in [1.29, 1.82) is 0 Å². The molecular formula is C21H23ClF5NO4S2. The molecular weight excluding hydrogens is 525 g/mol. The number of nitrogens with one attached hydrogen (secondary N) is 1. The van der Waals surface area contributed by atoms with Gasteiger partial charge in [0.2, 0.25) is 10.0 Å². The van der Waals surface area contributed by atoms with Crippen molar-refractivity contribution >= 4 is 38.9 Å². The summed E-state index contributed by atoms with van der Waals surface area (Å²) in [5.41, 5.74) is 0. The number of benzene rings is 1. The number of hydrogen-bond acceptors (Lipinski definition) is 4. The van der Waals surface area contributed by atoms with Gasteiger partial charge in [0.15, 0.2) is 0 Å². The van der Waals surface area contributed by atoms with Gasteiger partial charge < -0.3 is 5.11 Å². The van der Waals surface area contributed by atoms with Crippen molar-refractivity contribution in [2.75, 3.05) is 0 Å². The lowest BCUT2D eigenvalue weighted by Gasteiger charge is -2.21. The van der Waals surface area contributed by atoms with Crippen molar-refractivity contribution in [2.45, 2.75) is 68.0 Å². The van der Waals surface area contributed by atoms with Crippen molar-refractivity contribution in [2.24, 2.45) is 0 Å². The Balaban J connectivity index is 2.14. The van der Waals surface area contributed by atoms with Crippen LogP contribution in [0.25, 0.3) is 0 Å². The van der Waals surface area contributed by atoms with Crippen LogP contribution in [0, 0.1) is 0 Å². The van der Waals surface area contributed by atoms with Crippen LogP contribution in [0.4, 0.5) is 22.0 Å². The Morgan fingerprint density at radius 3 is 2.26 bits per heavy atom. The molecule has 1 aromatic carbocycles. The molecule has 0 saturated heterocycles. The highest BCUT2D eigenvalue weighted by Gasteiger charge is 2.56. The molecule has 0 spiro atoms. The quantitative estimate of drug-likeness (QED) is 0.219. The van der Waals surface area contributed by atoms with Crippen molar-refractivity contribution in [1.82, 2.24) is 4.72 Å². The van der Waals surface area contributed by atoms with Crippen LogP contribution >= 0.6 is 22.9 Å². The van der Waals surface area contributed by atoms with Crippen LogP contribution in [0.1, 0.15) is 54.3 Å². The predicted molar refractivity (Wildman–Crippen MR) is 119 cm³/mol. The zero-order valence-electron chi connectivity index (χ0n) is 17.7. The molecule has 190 valence electrons. The molecule has 2 N–H and O–H groups in total. The lowest BCUT2D eigenvalue weighted by Crippen LogP contribution is -2.36. The van der Waals surface area contributed by atoms with Crippen LogP contribution in [0.2, 0.25) is 5.02 Å². The van der Waals surface area contributed by atoms with Crippen molar-refractivity contribution < 1.29 is 40.3 Å². The number of aryl methyl sites for hydroxylation is 1. The average Bonchev–Trinajstić information content (AvgIpc) is 3.18. The summed E-state index contributed by atoms with van der Waals surface area (Å²) in [6.45, 7) is 0. The number of carboxylic acid groups (broad SMARTS) is 1. The Morgan fingerprint density at radius 2 is 1.68 bits per heavy atom. The van der Waals surface area contributed by atoms with E-state index in [1.165, 1.54) is 35.6 Å². The SMILES string of the molecule is O=C(O)CCCc1ccc(C(CCCCC(F)(F)C(F)(F)F)NS(=O)(=O)c2ccc(Cl)cc2)s1. The fourth-order valence-electron chi connectivity index (χ4n) is 3.10. The van der Waals surface area contributed by atoms with E-state index < -0.39 is 47.0 Å². The second kappa shape index (κ2) is 11.8. The molecule has 2 rings (SSSR count). The minimum absolute atomic E-state index is 0.00413. The Labute approximate surface area is 203 Å². The summed E-state index contributed by atoms with van der Waals surface area (Å²) < 4.78 is 91.7. The van der Waals surface area contributed by atoms with Crippen molar-refractivity contribution in [3.8, 4) is 0 Å². The van der Waals surface area contributed by atoms with E-state index in [1.54, 1.807) is 12.1 Å². The Kier molecular flexibility index (Phi) is 9.87. The van der Waals surface area contributed by atoms with Gasteiger partial charge in [0.05, 0.1) is 10.9 Å². The number of hydrogen-bond donors (Lipinski definition) is 2. The summed E-state index contributed by atoms with van der Waals surface area (Å²) in [7, 11) is -4.04. The molecule has 0 aliphatic heterocycles. The number of thiophene rings is 1. The van der Waals surface area contributed by atoms with Gasteiger partial charge in [0.25, 0.3) is 0 Å². The molecule has 0 amide bonds. The first-order chi connectivity index (χ1) is 15.7. The van der Waals surface area contributed by atoms with Gasteiger partial charge in [-0.15, -0.1) is 11.3 Å². The van der Waals surface area contributed by atoms with E-state index in [1.807, 2.05) is 0 Å². The number of alkyl halides is 5. The van der Waals surface area contributed by atoms with Crippen LogP contribution in [0.3, 0.4) is 0 Å². The molecule has 1 heterocycles. The third-order valence-electron chi connectivity index (χ3n) is 4.91. The van der Waals surface area contributed by atoms with E-state index in [2.05, 4.69) is 4.72 Å². The van der Waals surface area contributed by atoms with Gasteiger partial charge in [-0.3, -0.25) is 4.79 Å².